The van der Waals surface area contributed by atoms with Gasteiger partial charge in [0.1, 0.15) is 11.5 Å². The molecule has 0 fully saturated rings. The molecule has 210 valence electrons. The van der Waals surface area contributed by atoms with E-state index in [1.807, 2.05) is 0 Å². The Kier molecular flexibility index (Phi) is 12.2. The zero-order valence-corrected chi connectivity index (χ0v) is 20.6. The summed E-state index contributed by atoms with van der Waals surface area (Å²) in [6, 6.07) is 9.47. The molecule has 0 atom stereocenters. The second kappa shape index (κ2) is 15.1. The van der Waals surface area contributed by atoms with Crippen molar-refractivity contribution in [1.29, 1.82) is 0 Å². The lowest BCUT2D eigenvalue weighted by Gasteiger charge is -2.10. The van der Waals surface area contributed by atoms with Crippen molar-refractivity contribution in [3.63, 3.8) is 0 Å². The van der Waals surface area contributed by atoms with Crippen molar-refractivity contribution in [3.8, 4) is 11.5 Å². The molecule has 0 aromatic heterocycles. The SMILES string of the molecule is O=C(NCCCCCCCCCCNC(=O)c1ccc(OC(F)(F)F)cc1)c1ccc(OC(F)(F)F)cc1. The number of hydrogen-bond acceptors (Lipinski definition) is 4. The molecular weight excluding hydrogens is 518 g/mol. The quantitative estimate of drug-likeness (QED) is 0.190. The Morgan fingerprint density at radius 2 is 0.816 bits per heavy atom. The molecule has 2 aromatic rings. The van der Waals surface area contributed by atoms with Crippen LogP contribution in [-0.2, 0) is 0 Å². The number of carbonyl (C=O) groups is 2. The summed E-state index contributed by atoms with van der Waals surface area (Å²) in [6.45, 7) is 0.939. The van der Waals surface area contributed by atoms with Crippen LogP contribution in [0, 0.1) is 0 Å². The normalized spacial score (nSPS) is 11.6. The first kappa shape index (κ1) is 30.8. The van der Waals surface area contributed by atoms with Crippen LogP contribution in [0.4, 0.5) is 26.3 Å². The van der Waals surface area contributed by atoms with Gasteiger partial charge >= 0.3 is 12.7 Å². The highest BCUT2D eigenvalue weighted by Gasteiger charge is 2.31. The molecular formula is C26H30F6N2O4. The fourth-order valence-electron chi connectivity index (χ4n) is 3.53. The molecule has 2 aromatic carbocycles. The Hall–Kier alpha value is -3.44. The van der Waals surface area contributed by atoms with Crippen LogP contribution in [0.15, 0.2) is 48.5 Å². The lowest BCUT2D eigenvalue weighted by Crippen LogP contribution is -2.24. The second-order valence-corrected chi connectivity index (χ2v) is 8.48. The first-order chi connectivity index (χ1) is 17.9. The van der Waals surface area contributed by atoms with Gasteiger partial charge in [0.25, 0.3) is 11.8 Å². The molecule has 6 nitrogen and oxygen atoms in total. The molecule has 0 radical (unpaired) electrons. The van der Waals surface area contributed by atoms with Crippen molar-refractivity contribution in [2.45, 2.75) is 64.1 Å². The van der Waals surface area contributed by atoms with Crippen molar-refractivity contribution < 1.29 is 45.4 Å². The van der Waals surface area contributed by atoms with E-state index in [1.54, 1.807) is 0 Å². The maximum Gasteiger partial charge on any atom is 0.573 e. The van der Waals surface area contributed by atoms with Crippen molar-refractivity contribution in [2.24, 2.45) is 0 Å². The topological polar surface area (TPSA) is 76.7 Å². The van der Waals surface area contributed by atoms with Gasteiger partial charge in [-0.15, -0.1) is 26.3 Å². The number of alkyl halides is 6. The minimum Gasteiger partial charge on any atom is -0.406 e. The maximum atomic E-state index is 12.2. The lowest BCUT2D eigenvalue weighted by molar-refractivity contribution is -0.275. The number of amides is 2. The molecule has 0 heterocycles. The Balaban J connectivity index is 1.45. The average molecular weight is 549 g/mol. The fourth-order valence-corrected chi connectivity index (χ4v) is 3.53. The van der Waals surface area contributed by atoms with Crippen molar-refractivity contribution in [3.05, 3.63) is 59.7 Å². The summed E-state index contributed by atoms with van der Waals surface area (Å²) < 4.78 is 80.6. The van der Waals surface area contributed by atoms with Crippen molar-refractivity contribution >= 4 is 11.8 Å². The zero-order valence-electron chi connectivity index (χ0n) is 20.6. The van der Waals surface area contributed by atoms with Gasteiger partial charge in [-0.2, -0.15) is 0 Å². The van der Waals surface area contributed by atoms with Gasteiger partial charge in [-0.25, -0.2) is 0 Å². The smallest absolute Gasteiger partial charge is 0.406 e. The number of rotatable bonds is 15. The third-order valence-electron chi connectivity index (χ3n) is 5.37. The van der Waals surface area contributed by atoms with Gasteiger partial charge in [-0.1, -0.05) is 38.5 Å². The molecule has 38 heavy (non-hydrogen) atoms. The van der Waals surface area contributed by atoms with Crippen LogP contribution in [-0.4, -0.2) is 37.6 Å². The van der Waals surface area contributed by atoms with E-state index in [-0.39, 0.29) is 34.4 Å². The number of hydrogen-bond donors (Lipinski definition) is 2. The molecule has 0 saturated carbocycles. The van der Waals surface area contributed by atoms with Crippen molar-refractivity contribution in [1.82, 2.24) is 10.6 Å². The summed E-state index contributed by atoms with van der Waals surface area (Å²) in [6.07, 6.45) is -2.04. The molecule has 12 heteroatoms. The van der Waals surface area contributed by atoms with Gasteiger partial charge in [0.05, 0.1) is 0 Å². The molecule has 2 rings (SSSR count). The van der Waals surface area contributed by atoms with Gasteiger partial charge in [0.15, 0.2) is 0 Å². The highest BCUT2D eigenvalue weighted by atomic mass is 19.4. The lowest BCUT2D eigenvalue weighted by atomic mass is 10.1. The predicted octanol–water partition coefficient (Wildman–Crippen LogP) is 6.76. The van der Waals surface area contributed by atoms with Crippen LogP contribution in [0.25, 0.3) is 0 Å². The summed E-state index contributed by atoms with van der Waals surface area (Å²) in [5.41, 5.74) is 0.508. The maximum absolute atomic E-state index is 12.2. The monoisotopic (exact) mass is 548 g/mol. The zero-order chi connectivity index (χ0) is 28.0. The van der Waals surface area contributed by atoms with Gasteiger partial charge in [0.2, 0.25) is 0 Å². The number of unbranched alkanes of at least 4 members (excludes halogenated alkanes) is 7. The van der Waals surface area contributed by atoms with Gasteiger partial charge in [-0.3, -0.25) is 9.59 Å². The van der Waals surface area contributed by atoms with E-state index < -0.39 is 12.7 Å². The van der Waals surface area contributed by atoms with E-state index >= 15 is 0 Å². The third kappa shape index (κ3) is 13.2. The van der Waals surface area contributed by atoms with Crippen molar-refractivity contribution in [2.75, 3.05) is 13.1 Å². The standard InChI is InChI=1S/C26H30F6N2O4/c27-25(28,29)37-21-13-9-19(10-14-21)23(35)33-17-7-5-3-1-2-4-6-8-18-34-24(36)20-11-15-22(16-12-20)38-26(30,31)32/h9-16H,1-8,17-18H2,(H,33,35)(H,34,36). The molecule has 0 spiro atoms. The molecule has 0 aliphatic heterocycles. The van der Waals surface area contributed by atoms with Crippen LogP contribution in [0.2, 0.25) is 0 Å². The van der Waals surface area contributed by atoms with Crippen LogP contribution < -0.4 is 20.1 Å². The minimum absolute atomic E-state index is 0.254. The Morgan fingerprint density at radius 1 is 0.526 bits per heavy atom. The summed E-state index contributed by atoms with van der Waals surface area (Å²) in [5, 5.41) is 5.47. The van der Waals surface area contributed by atoms with Crippen LogP contribution >= 0.6 is 0 Å². The minimum atomic E-state index is -4.78. The van der Waals surface area contributed by atoms with E-state index in [0.717, 1.165) is 75.6 Å². The summed E-state index contributed by atoms with van der Waals surface area (Å²) in [5.74, 6) is -1.48. The van der Waals surface area contributed by atoms with E-state index in [1.165, 1.54) is 24.3 Å². The number of ether oxygens (including phenoxy) is 2. The van der Waals surface area contributed by atoms with Gasteiger partial charge < -0.3 is 20.1 Å². The first-order valence-corrected chi connectivity index (χ1v) is 12.2. The summed E-state index contributed by atoms with van der Waals surface area (Å²) >= 11 is 0. The van der Waals surface area contributed by atoms with Crippen LogP contribution in [0.5, 0.6) is 11.5 Å². The van der Waals surface area contributed by atoms with E-state index in [9.17, 15) is 35.9 Å². The van der Waals surface area contributed by atoms with E-state index in [0.29, 0.717) is 13.1 Å². The Labute approximate surface area is 216 Å². The summed E-state index contributed by atoms with van der Waals surface area (Å²) in [7, 11) is 0. The molecule has 0 bridgehead atoms. The molecule has 2 N–H and O–H groups in total. The number of halogens is 6. The van der Waals surface area contributed by atoms with Crippen LogP contribution in [0.3, 0.4) is 0 Å². The molecule has 2 amide bonds. The van der Waals surface area contributed by atoms with Gasteiger partial charge in [0, 0.05) is 24.2 Å². The number of nitrogens with one attached hydrogen (secondary N) is 2. The predicted molar refractivity (Wildman–Crippen MR) is 128 cm³/mol. The molecule has 0 aliphatic carbocycles. The summed E-state index contributed by atoms with van der Waals surface area (Å²) in [4.78, 5) is 24.1. The van der Waals surface area contributed by atoms with E-state index in [4.69, 9.17) is 0 Å². The number of benzene rings is 2. The third-order valence-corrected chi connectivity index (χ3v) is 5.37. The highest BCUT2D eigenvalue weighted by Crippen LogP contribution is 2.23. The fraction of sp³-hybridized carbons (Fsp3) is 0.462. The molecule has 0 saturated heterocycles. The highest BCUT2D eigenvalue weighted by molar-refractivity contribution is 5.94. The molecule has 0 unspecified atom stereocenters. The largest absolute Gasteiger partial charge is 0.573 e. The Bertz CT molecular complexity index is 911. The molecule has 0 aliphatic rings. The number of carbonyl (C=O) groups excluding carboxylic acids is 2. The first-order valence-electron chi connectivity index (χ1n) is 12.2. The van der Waals surface area contributed by atoms with Gasteiger partial charge in [-0.05, 0) is 61.4 Å². The van der Waals surface area contributed by atoms with E-state index in [2.05, 4.69) is 20.1 Å². The Morgan fingerprint density at radius 3 is 1.11 bits per heavy atom. The average Bonchev–Trinajstić information content (AvgIpc) is 2.83. The van der Waals surface area contributed by atoms with Crippen LogP contribution in [0.1, 0.15) is 72.1 Å². The second-order valence-electron chi connectivity index (χ2n) is 8.48.